The van der Waals surface area contributed by atoms with Crippen molar-refractivity contribution in [3.05, 3.63) is 71.8 Å². The number of esters is 1. The molecular formula is C19H16F3NO3. The van der Waals surface area contributed by atoms with Crippen LogP contribution in [0.5, 0.6) is 0 Å². The number of carbonyl (C=O) groups excluding carboxylic acids is 2. The second-order valence-electron chi connectivity index (χ2n) is 5.39. The molecule has 26 heavy (non-hydrogen) atoms. The second kappa shape index (κ2) is 8.33. The standard InChI is InChI=1S/C19H16F3NO3/c1-13(26-17(24)11-10-14-6-3-2-4-7-14)18(25)23-16-9-5-8-15(12-16)19(20,21)22/h2-13H,1H3,(H,23,25)/b11-10+/t13-/m0/s1. The van der Waals surface area contributed by atoms with E-state index in [2.05, 4.69) is 5.32 Å². The van der Waals surface area contributed by atoms with Crippen molar-refractivity contribution in [3.8, 4) is 0 Å². The maximum Gasteiger partial charge on any atom is 0.416 e. The van der Waals surface area contributed by atoms with Gasteiger partial charge in [-0.3, -0.25) is 4.79 Å². The molecule has 136 valence electrons. The zero-order valence-electron chi connectivity index (χ0n) is 13.8. The average molecular weight is 363 g/mol. The van der Waals surface area contributed by atoms with Crippen molar-refractivity contribution in [2.45, 2.75) is 19.2 Å². The van der Waals surface area contributed by atoms with Gasteiger partial charge in [0.15, 0.2) is 6.10 Å². The molecule has 0 spiro atoms. The molecule has 2 aromatic carbocycles. The molecule has 0 unspecified atom stereocenters. The van der Waals surface area contributed by atoms with Crippen molar-refractivity contribution >= 4 is 23.6 Å². The zero-order valence-corrected chi connectivity index (χ0v) is 13.8. The minimum Gasteiger partial charge on any atom is -0.449 e. The predicted octanol–water partition coefficient (Wildman–Crippen LogP) is 4.29. The molecule has 7 heteroatoms. The van der Waals surface area contributed by atoms with Crippen LogP contribution in [0.25, 0.3) is 6.08 Å². The van der Waals surface area contributed by atoms with Crippen molar-refractivity contribution in [2.24, 2.45) is 0 Å². The first-order chi connectivity index (χ1) is 12.3. The van der Waals surface area contributed by atoms with Gasteiger partial charge in [0.1, 0.15) is 0 Å². The van der Waals surface area contributed by atoms with E-state index in [4.69, 9.17) is 4.74 Å². The molecule has 0 aliphatic carbocycles. The summed E-state index contributed by atoms with van der Waals surface area (Å²) in [5, 5.41) is 2.29. The molecule has 2 rings (SSSR count). The van der Waals surface area contributed by atoms with Gasteiger partial charge in [-0.2, -0.15) is 13.2 Å². The maximum absolute atomic E-state index is 12.7. The van der Waals surface area contributed by atoms with Crippen molar-refractivity contribution in [3.63, 3.8) is 0 Å². The van der Waals surface area contributed by atoms with Crippen LogP contribution in [0.3, 0.4) is 0 Å². The Morgan fingerprint density at radius 1 is 1.08 bits per heavy atom. The van der Waals surface area contributed by atoms with Gasteiger partial charge in [-0.1, -0.05) is 36.4 Å². The van der Waals surface area contributed by atoms with E-state index in [1.807, 2.05) is 6.07 Å². The third-order valence-electron chi connectivity index (χ3n) is 3.33. The molecule has 1 amide bonds. The molecule has 0 aliphatic rings. The van der Waals surface area contributed by atoms with Crippen molar-refractivity contribution in [1.29, 1.82) is 0 Å². The van der Waals surface area contributed by atoms with Gasteiger partial charge in [-0.15, -0.1) is 0 Å². The van der Waals surface area contributed by atoms with Gasteiger partial charge >= 0.3 is 12.1 Å². The summed E-state index contributed by atoms with van der Waals surface area (Å²) in [6.07, 6.45) is -2.98. The van der Waals surface area contributed by atoms with Gasteiger partial charge in [0.05, 0.1) is 5.56 Å². The summed E-state index contributed by atoms with van der Waals surface area (Å²) in [5.41, 5.74) is -0.135. The van der Waals surface area contributed by atoms with Crippen molar-refractivity contribution < 1.29 is 27.5 Å². The van der Waals surface area contributed by atoms with Gasteiger partial charge in [-0.25, -0.2) is 4.79 Å². The Hall–Kier alpha value is -3.09. The molecule has 0 aliphatic heterocycles. The third-order valence-corrected chi connectivity index (χ3v) is 3.33. The quantitative estimate of drug-likeness (QED) is 0.637. The first kappa shape index (κ1) is 19.2. The number of anilines is 1. The number of hydrogen-bond acceptors (Lipinski definition) is 3. The Morgan fingerprint density at radius 2 is 1.77 bits per heavy atom. The monoisotopic (exact) mass is 363 g/mol. The van der Waals surface area contributed by atoms with E-state index in [0.29, 0.717) is 0 Å². The Bertz CT molecular complexity index is 801. The lowest BCUT2D eigenvalue weighted by Gasteiger charge is -2.13. The highest BCUT2D eigenvalue weighted by Gasteiger charge is 2.30. The van der Waals surface area contributed by atoms with Crippen LogP contribution in [0.1, 0.15) is 18.1 Å². The minimum absolute atomic E-state index is 0.0347. The number of nitrogens with one attached hydrogen (secondary N) is 1. The molecule has 0 saturated heterocycles. The number of amides is 1. The van der Waals surface area contributed by atoms with E-state index in [1.54, 1.807) is 24.3 Å². The normalized spacial score (nSPS) is 12.6. The number of rotatable bonds is 5. The third kappa shape index (κ3) is 5.77. The molecule has 2 aromatic rings. The first-order valence-corrected chi connectivity index (χ1v) is 7.67. The number of ether oxygens (including phenoxy) is 1. The van der Waals surface area contributed by atoms with Crippen LogP contribution in [0.2, 0.25) is 0 Å². The van der Waals surface area contributed by atoms with Gasteiger partial charge in [0, 0.05) is 11.8 Å². The average Bonchev–Trinajstić information content (AvgIpc) is 2.60. The van der Waals surface area contributed by atoms with Crippen LogP contribution in [0.15, 0.2) is 60.7 Å². The molecule has 0 fully saturated rings. The lowest BCUT2D eigenvalue weighted by Crippen LogP contribution is -2.29. The SMILES string of the molecule is C[C@H](OC(=O)/C=C/c1ccccc1)C(=O)Nc1cccc(C(F)(F)F)c1. The number of alkyl halides is 3. The van der Waals surface area contributed by atoms with Crippen LogP contribution < -0.4 is 5.32 Å². The largest absolute Gasteiger partial charge is 0.449 e. The number of hydrogen-bond donors (Lipinski definition) is 1. The van der Waals surface area contributed by atoms with E-state index in [-0.39, 0.29) is 5.69 Å². The fourth-order valence-electron chi connectivity index (χ4n) is 2.01. The Balaban J connectivity index is 1.93. The van der Waals surface area contributed by atoms with Crippen LogP contribution in [0.4, 0.5) is 18.9 Å². The lowest BCUT2D eigenvalue weighted by molar-refractivity contribution is -0.148. The zero-order chi connectivity index (χ0) is 19.2. The minimum atomic E-state index is -4.51. The summed E-state index contributed by atoms with van der Waals surface area (Å²) >= 11 is 0. The van der Waals surface area contributed by atoms with Crippen LogP contribution in [-0.4, -0.2) is 18.0 Å². The number of halogens is 3. The van der Waals surface area contributed by atoms with Crippen molar-refractivity contribution in [1.82, 2.24) is 0 Å². The Kier molecular flexibility index (Phi) is 6.16. The molecule has 0 radical (unpaired) electrons. The highest BCUT2D eigenvalue weighted by Crippen LogP contribution is 2.30. The van der Waals surface area contributed by atoms with E-state index >= 15 is 0 Å². The molecule has 1 atom stereocenters. The summed E-state index contributed by atoms with van der Waals surface area (Å²) in [7, 11) is 0. The second-order valence-corrected chi connectivity index (χ2v) is 5.39. The Labute approximate surface area is 148 Å². The highest BCUT2D eigenvalue weighted by atomic mass is 19.4. The first-order valence-electron chi connectivity index (χ1n) is 7.67. The lowest BCUT2D eigenvalue weighted by atomic mass is 10.2. The maximum atomic E-state index is 12.7. The van der Waals surface area contributed by atoms with Crippen LogP contribution >= 0.6 is 0 Å². The van der Waals surface area contributed by atoms with Gasteiger partial charge in [-0.05, 0) is 36.8 Å². The predicted molar refractivity (Wildman–Crippen MR) is 91.1 cm³/mol. The molecule has 0 aromatic heterocycles. The summed E-state index contributed by atoms with van der Waals surface area (Å²) < 4.78 is 43.0. The van der Waals surface area contributed by atoms with Gasteiger partial charge in [0.25, 0.3) is 5.91 Å². The summed E-state index contributed by atoms with van der Waals surface area (Å²) in [4.78, 5) is 23.7. The summed E-state index contributed by atoms with van der Waals surface area (Å²) in [6, 6.07) is 13.2. The Morgan fingerprint density at radius 3 is 2.42 bits per heavy atom. The molecule has 0 saturated carbocycles. The van der Waals surface area contributed by atoms with E-state index < -0.39 is 29.7 Å². The van der Waals surface area contributed by atoms with E-state index in [0.717, 1.165) is 17.7 Å². The molecule has 1 N–H and O–H groups in total. The highest BCUT2D eigenvalue weighted by molar-refractivity contribution is 5.96. The van der Waals surface area contributed by atoms with Gasteiger partial charge < -0.3 is 10.1 Å². The smallest absolute Gasteiger partial charge is 0.416 e. The van der Waals surface area contributed by atoms with Crippen LogP contribution in [-0.2, 0) is 20.5 Å². The number of carbonyl (C=O) groups is 2. The summed E-state index contributed by atoms with van der Waals surface area (Å²) in [6.45, 7) is 1.33. The van der Waals surface area contributed by atoms with Crippen molar-refractivity contribution in [2.75, 3.05) is 5.32 Å². The molecule has 4 nitrogen and oxygen atoms in total. The molecule has 0 heterocycles. The molecular weight excluding hydrogens is 347 g/mol. The van der Waals surface area contributed by atoms with Gasteiger partial charge in [0.2, 0.25) is 0 Å². The van der Waals surface area contributed by atoms with E-state index in [1.165, 1.54) is 31.2 Å². The fourth-order valence-corrected chi connectivity index (χ4v) is 2.01. The molecule has 0 bridgehead atoms. The van der Waals surface area contributed by atoms with E-state index in [9.17, 15) is 22.8 Å². The fraction of sp³-hybridized carbons (Fsp3) is 0.158. The topological polar surface area (TPSA) is 55.4 Å². The van der Waals surface area contributed by atoms with Crippen LogP contribution in [0, 0.1) is 0 Å². The summed E-state index contributed by atoms with van der Waals surface area (Å²) in [5.74, 6) is -1.47. The number of benzene rings is 2.